The smallest absolute Gasteiger partial charge is 0.0159 e. The average molecular weight is 284 g/mol. The Kier molecular flexibility index (Phi) is 3.72. The number of rotatable bonds is 2. The molecule has 0 unspecified atom stereocenters. The Morgan fingerprint density at radius 1 is 1.38 bits per heavy atom. The van der Waals surface area contributed by atoms with Crippen molar-refractivity contribution in [1.82, 2.24) is 0 Å². The summed E-state index contributed by atoms with van der Waals surface area (Å²) in [5, 5.41) is 0. The highest BCUT2D eigenvalue weighted by Crippen LogP contribution is 2.25. The molecule has 0 atom stereocenters. The summed E-state index contributed by atoms with van der Waals surface area (Å²) in [4.78, 5) is 0. The summed E-state index contributed by atoms with van der Waals surface area (Å²) < 4.78 is 1.21. The molecule has 0 heterocycles. The van der Waals surface area contributed by atoms with Crippen LogP contribution in [-0.4, -0.2) is 0 Å². The largest absolute Gasteiger partial charge is 0.0980 e. The molecule has 0 aromatic heterocycles. The SMILES string of the molecule is C=C/C(I)=C(/C)c1ccccc1C. The zero-order chi connectivity index (χ0) is 9.84. The molecule has 1 heteroatoms. The van der Waals surface area contributed by atoms with Crippen molar-refractivity contribution in [3.05, 3.63) is 51.6 Å². The van der Waals surface area contributed by atoms with Crippen molar-refractivity contribution in [2.45, 2.75) is 13.8 Å². The molecular formula is C12H13I. The van der Waals surface area contributed by atoms with Crippen LogP contribution in [-0.2, 0) is 0 Å². The summed E-state index contributed by atoms with van der Waals surface area (Å²) in [6, 6.07) is 8.41. The number of hydrogen-bond donors (Lipinski definition) is 0. The zero-order valence-corrected chi connectivity index (χ0v) is 10.1. The lowest BCUT2D eigenvalue weighted by atomic mass is 10.0. The van der Waals surface area contributed by atoms with E-state index in [1.807, 2.05) is 6.08 Å². The Hall–Kier alpha value is -0.570. The van der Waals surface area contributed by atoms with Crippen molar-refractivity contribution in [1.29, 1.82) is 0 Å². The Morgan fingerprint density at radius 3 is 2.54 bits per heavy atom. The van der Waals surface area contributed by atoms with Gasteiger partial charge in [0.05, 0.1) is 0 Å². The monoisotopic (exact) mass is 284 g/mol. The second-order valence-corrected chi connectivity index (χ2v) is 4.15. The summed E-state index contributed by atoms with van der Waals surface area (Å²) in [6.07, 6.45) is 1.89. The first-order chi connectivity index (χ1) is 6.16. The fourth-order valence-corrected chi connectivity index (χ4v) is 1.57. The van der Waals surface area contributed by atoms with E-state index in [1.165, 1.54) is 20.3 Å². The molecule has 0 aliphatic rings. The average Bonchev–Trinajstić information content (AvgIpc) is 2.16. The van der Waals surface area contributed by atoms with Gasteiger partial charge in [0.1, 0.15) is 0 Å². The van der Waals surface area contributed by atoms with Crippen LogP contribution in [0.5, 0.6) is 0 Å². The minimum atomic E-state index is 1.21. The molecule has 1 aromatic carbocycles. The first-order valence-corrected chi connectivity index (χ1v) is 5.29. The molecule has 0 bridgehead atoms. The highest BCUT2D eigenvalue weighted by molar-refractivity contribution is 14.1. The Morgan fingerprint density at radius 2 is 2.00 bits per heavy atom. The van der Waals surface area contributed by atoms with E-state index in [0.717, 1.165) is 0 Å². The van der Waals surface area contributed by atoms with E-state index in [4.69, 9.17) is 0 Å². The number of benzene rings is 1. The first-order valence-electron chi connectivity index (χ1n) is 4.21. The van der Waals surface area contributed by atoms with Crippen LogP contribution in [0.3, 0.4) is 0 Å². The van der Waals surface area contributed by atoms with Gasteiger partial charge in [0.25, 0.3) is 0 Å². The topological polar surface area (TPSA) is 0 Å². The molecule has 13 heavy (non-hydrogen) atoms. The Labute approximate surface area is 93.5 Å². The van der Waals surface area contributed by atoms with Crippen LogP contribution >= 0.6 is 22.6 Å². The second kappa shape index (κ2) is 4.61. The van der Waals surface area contributed by atoms with E-state index >= 15 is 0 Å². The van der Waals surface area contributed by atoms with E-state index in [9.17, 15) is 0 Å². The minimum Gasteiger partial charge on any atom is -0.0980 e. The number of aryl methyl sites for hydroxylation is 1. The van der Waals surface area contributed by atoms with Crippen molar-refractivity contribution in [3.8, 4) is 0 Å². The van der Waals surface area contributed by atoms with Gasteiger partial charge in [-0.3, -0.25) is 0 Å². The molecule has 0 amide bonds. The second-order valence-electron chi connectivity index (χ2n) is 2.99. The lowest BCUT2D eigenvalue weighted by molar-refractivity contribution is 1.41. The molecule has 1 aromatic rings. The fraction of sp³-hybridized carbons (Fsp3) is 0.167. The van der Waals surface area contributed by atoms with Crippen LogP contribution in [0.15, 0.2) is 40.5 Å². The van der Waals surface area contributed by atoms with Crippen LogP contribution in [0.25, 0.3) is 5.57 Å². The molecule has 0 spiro atoms. The summed E-state index contributed by atoms with van der Waals surface area (Å²) in [7, 11) is 0. The minimum absolute atomic E-state index is 1.21. The van der Waals surface area contributed by atoms with Crippen molar-refractivity contribution in [2.75, 3.05) is 0 Å². The lowest BCUT2D eigenvalue weighted by Gasteiger charge is -2.06. The van der Waals surface area contributed by atoms with Crippen molar-refractivity contribution in [3.63, 3.8) is 0 Å². The number of hydrogen-bond acceptors (Lipinski definition) is 0. The van der Waals surface area contributed by atoms with E-state index in [2.05, 4.69) is 67.3 Å². The molecule has 0 fully saturated rings. The van der Waals surface area contributed by atoms with Gasteiger partial charge in [-0.25, -0.2) is 0 Å². The summed E-state index contributed by atoms with van der Waals surface area (Å²) in [5.41, 5.74) is 3.93. The van der Waals surface area contributed by atoms with Crippen LogP contribution in [0, 0.1) is 6.92 Å². The van der Waals surface area contributed by atoms with Gasteiger partial charge in [0, 0.05) is 3.58 Å². The maximum absolute atomic E-state index is 3.77. The lowest BCUT2D eigenvalue weighted by Crippen LogP contribution is -1.85. The van der Waals surface area contributed by atoms with Gasteiger partial charge in [-0.2, -0.15) is 0 Å². The van der Waals surface area contributed by atoms with Gasteiger partial charge in [-0.1, -0.05) is 36.9 Å². The predicted molar refractivity (Wildman–Crippen MR) is 68.0 cm³/mol. The summed E-state index contributed by atoms with van der Waals surface area (Å²) in [5.74, 6) is 0. The molecule has 1 rings (SSSR count). The number of allylic oxidation sites excluding steroid dienone is 3. The molecule has 0 nitrogen and oxygen atoms in total. The molecular weight excluding hydrogens is 271 g/mol. The Balaban J connectivity index is 3.23. The van der Waals surface area contributed by atoms with Crippen LogP contribution < -0.4 is 0 Å². The van der Waals surface area contributed by atoms with Crippen LogP contribution in [0.1, 0.15) is 18.1 Å². The first kappa shape index (κ1) is 10.5. The molecule has 0 aliphatic carbocycles. The quantitative estimate of drug-likeness (QED) is 0.559. The van der Waals surface area contributed by atoms with E-state index < -0.39 is 0 Å². The van der Waals surface area contributed by atoms with Gasteiger partial charge >= 0.3 is 0 Å². The van der Waals surface area contributed by atoms with Crippen LogP contribution in [0.2, 0.25) is 0 Å². The third-order valence-corrected chi connectivity index (χ3v) is 3.34. The standard InChI is InChI=1S/C12H13I/c1-4-12(13)10(3)11-8-6-5-7-9(11)2/h4-8H,1H2,2-3H3/b12-10+. The van der Waals surface area contributed by atoms with Crippen molar-refractivity contribution >= 4 is 28.2 Å². The molecule has 0 saturated carbocycles. The van der Waals surface area contributed by atoms with Crippen molar-refractivity contribution < 1.29 is 0 Å². The molecule has 0 saturated heterocycles. The molecule has 0 radical (unpaired) electrons. The van der Waals surface area contributed by atoms with E-state index in [1.54, 1.807) is 0 Å². The molecule has 0 N–H and O–H groups in total. The third-order valence-electron chi connectivity index (χ3n) is 2.09. The highest BCUT2D eigenvalue weighted by atomic mass is 127. The van der Waals surface area contributed by atoms with Gasteiger partial charge in [-0.05, 0) is 53.1 Å². The normalized spacial score (nSPS) is 12.2. The van der Waals surface area contributed by atoms with Crippen LogP contribution in [0.4, 0.5) is 0 Å². The van der Waals surface area contributed by atoms with Gasteiger partial charge in [0.2, 0.25) is 0 Å². The number of halogens is 1. The fourth-order valence-electron chi connectivity index (χ4n) is 1.28. The van der Waals surface area contributed by atoms with Gasteiger partial charge in [-0.15, -0.1) is 0 Å². The third kappa shape index (κ3) is 2.44. The summed E-state index contributed by atoms with van der Waals surface area (Å²) >= 11 is 2.31. The van der Waals surface area contributed by atoms with Gasteiger partial charge < -0.3 is 0 Å². The maximum Gasteiger partial charge on any atom is 0.0159 e. The van der Waals surface area contributed by atoms with E-state index in [-0.39, 0.29) is 0 Å². The van der Waals surface area contributed by atoms with Gasteiger partial charge in [0.15, 0.2) is 0 Å². The summed E-state index contributed by atoms with van der Waals surface area (Å²) in [6.45, 7) is 8.03. The molecule has 68 valence electrons. The molecule has 0 aliphatic heterocycles. The van der Waals surface area contributed by atoms with Crippen molar-refractivity contribution in [2.24, 2.45) is 0 Å². The van der Waals surface area contributed by atoms with E-state index in [0.29, 0.717) is 0 Å². The predicted octanol–water partition coefficient (Wildman–Crippen LogP) is 4.35. The highest BCUT2D eigenvalue weighted by Gasteiger charge is 2.01. The maximum atomic E-state index is 3.77. The zero-order valence-electron chi connectivity index (χ0n) is 7.97. The Bertz CT molecular complexity index is 348.